The maximum Gasteiger partial charge on any atom is 0.343 e. The van der Waals surface area contributed by atoms with Crippen LogP contribution >= 0.6 is 0 Å². The summed E-state index contributed by atoms with van der Waals surface area (Å²) >= 11 is 0. The highest BCUT2D eigenvalue weighted by atomic mass is 16.5. The van der Waals surface area contributed by atoms with E-state index in [9.17, 15) is 14.4 Å². The summed E-state index contributed by atoms with van der Waals surface area (Å²) < 4.78 is 26.2. The van der Waals surface area contributed by atoms with Crippen molar-refractivity contribution in [1.82, 2.24) is 0 Å². The molecular weight excluding hydrogens is 456 g/mol. The Bertz CT molecular complexity index is 994. The molecule has 0 aliphatic rings. The van der Waals surface area contributed by atoms with E-state index in [1.165, 1.54) is 0 Å². The Morgan fingerprint density at radius 1 is 0.771 bits per heavy atom. The maximum absolute atomic E-state index is 12.4. The lowest BCUT2D eigenvalue weighted by molar-refractivity contribution is -0.140. The number of ether oxygens (including phenoxy) is 5. The Morgan fingerprint density at radius 2 is 1.29 bits per heavy atom. The molecule has 0 aliphatic heterocycles. The van der Waals surface area contributed by atoms with Gasteiger partial charge < -0.3 is 28.8 Å². The van der Waals surface area contributed by atoms with Crippen molar-refractivity contribution >= 4 is 17.9 Å². The molecule has 0 radical (unpaired) electrons. The first-order valence-electron chi connectivity index (χ1n) is 10.9. The highest BCUT2D eigenvalue weighted by molar-refractivity contribution is 5.91. The molecular formula is C26H28O9. The van der Waals surface area contributed by atoms with Gasteiger partial charge >= 0.3 is 17.9 Å². The monoisotopic (exact) mass is 484 g/mol. The number of benzene rings is 2. The lowest BCUT2D eigenvalue weighted by atomic mass is 10.2. The van der Waals surface area contributed by atoms with Gasteiger partial charge in [0, 0.05) is 18.9 Å². The first kappa shape index (κ1) is 27.1. The van der Waals surface area contributed by atoms with Crippen LogP contribution in [0.4, 0.5) is 0 Å². The standard InChI is InChI=1S/C26H28O9/c1-3-24(28)33-16-4-14-32-22-10-12-23(13-11-22)35-26(30)20-6-8-21(9-7-20)31-15-5-17-34-25(29)19(2)18-27/h3,6-13,27H,1-2,4-5,14-18H2. The molecule has 0 unspecified atom stereocenters. The van der Waals surface area contributed by atoms with Crippen molar-refractivity contribution in [3.63, 3.8) is 0 Å². The minimum Gasteiger partial charge on any atom is -0.493 e. The lowest BCUT2D eigenvalue weighted by Crippen LogP contribution is -2.12. The molecule has 9 heteroatoms. The SMILES string of the molecule is C=CC(=O)OCCCOc1ccc(OC(=O)c2ccc(OCCCOC(=O)C(=C)CO)cc2)cc1. The number of rotatable bonds is 15. The molecule has 2 aromatic carbocycles. The summed E-state index contributed by atoms with van der Waals surface area (Å²) in [5.74, 6) is -0.129. The number of aliphatic hydroxyl groups is 1. The molecule has 0 fully saturated rings. The Hall–Kier alpha value is -4.11. The van der Waals surface area contributed by atoms with Crippen molar-refractivity contribution in [2.24, 2.45) is 0 Å². The van der Waals surface area contributed by atoms with Crippen LogP contribution < -0.4 is 14.2 Å². The molecule has 1 N–H and O–H groups in total. The van der Waals surface area contributed by atoms with E-state index in [2.05, 4.69) is 13.2 Å². The summed E-state index contributed by atoms with van der Waals surface area (Å²) in [4.78, 5) is 34.7. The van der Waals surface area contributed by atoms with Crippen molar-refractivity contribution in [1.29, 1.82) is 0 Å². The summed E-state index contributed by atoms with van der Waals surface area (Å²) in [7, 11) is 0. The molecule has 186 valence electrons. The van der Waals surface area contributed by atoms with Crippen molar-refractivity contribution in [2.45, 2.75) is 12.8 Å². The number of hydrogen-bond acceptors (Lipinski definition) is 9. The molecule has 0 atom stereocenters. The fourth-order valence-electron chi connectivity index (χ4n) is 2.52. The van der Waals surface area contributed by atoms with Crippen LogP contribution in [0.25, 0.3) is 0 Å². The van der Waals surface area contributed by atoms with E-state index in [0.29, 0.717) is 48.9 Å². The largest absolute Gasteiger partial charge is 0.493 e. The van der Waals surface area contributed by atoms with E-state index in [1.54, 1.807) is 48.5 Å². The van der Waals surface area contributed by atoms with Crippen LogP contribution in [0.3, 0.4) is 0 Å². The highest BCUT2D eigenvalue weighted by Crippen LogP contribution is 2.20. The van der Waals surface area contributed by atoms with Crippen LogP contribution in [0.2, 0.25) is 0 Å². The van der Waals surface area contributed by atoms with Crippen molar-refractivity contribution < 1.29 is 43.2 Å². The molecule has 0 aromatic heterocycles. The fraction of sp³-hybridized carbons (Fsp3) is 0.269. The topological polar surface area (TPSA) is 118 Å². The van der Waals surface area contributed by atoms with Crippen LogP contribution in [-0.2, 0) is 19.1 Å². The zero-order chi connectivity index (χ0) is 25.5. The molecule has 35 heavy (non-hydrogen) atoms. The van der Waals surface area contributed by atoms with E-state index in [4.69, 9.17) is 28.8 Å². The van der Waals surface area contributed by atoms with Gasteiger partial charge in [0.25, 0.3) is 0 Å². The second-order valence-corrected chi connectivity index (χ2v) is 7.06. The quantitative estimate of drug-likeness (QED) is 0.176. The van der Waals surface area contributed by atoms with Gasteiger partial charge in [-0.3, -0.25) is 0 Å². The average Bonchev–Trinajstić information content (AvgIpc) is 2.88. The minimum atomic E-state index is -0.638. The molecule has 0 aliphatic carbocycles. The minimum absolute atomic E-state index is 0.00151. The van der Waals surface area contributed by atoms with E-state index in [1.807, 2.05) is 0 Å². The number of hydrogen-bond donors (Lipinski definition) is 1. The summed E-state index contributed by atoms with van der Waals surface area (Å²) in [5, 5.41) is 8.80. The zero-order valence-corrected chi connectivity index (χ0v) is 19.3. The van der Waals surface area contributed by atoms with E-state index < -0.39 is 24.5 Å². The first-order chi connectivity index (χ1) is 16.9. The summed E-state index contributed by atoms with van der Waals surface area (Å²) in [6.45, 7) is 7.30. The molecule has 0 bridgehead atoms. The second-order valence-electron chi connectivity index (χ2n) is 7.06. The van der Waals surface area contributed by atoms with Gasteiger partial charge in [-0.15, -0.1) is 0 Å². The third-order valence-corrected chi connectivity index (χ3v) is 4.36. The number of carbonyl (C=O) groups is 3. The van der Waals surface area contributed by atoms with Crippen LogP contribution in [-0.4, -0.2) is 56.0 Å². The Balaban J connectivity index is 1.69. The highest BCUT2D eigenvalue weighted by Gasteiger charge is 2.10. The maximum atomic E-state index is 12.4. The van der Waals surface area contributed by atoms with Gasteiger partial charge in [0.1, 0.15) is 17.2 Å². The normalized spacial score (nSPS) is 10.1. The summed E-state index contributed by atoms with van der Waals surface area (Å²) in [5.41, 5.74) is 0.349. The van der Waals surface area contributed by atoms with Crippen molar-refractivity contribution in [3.8, 4) is 17.2 Å². The molecule has 0 saturated carbocycles. The lowest BCUT2D eigenvalue weighted by Gasteiger charge is -2.09. The van der Waals surface area contributed by atoms with E-state index in [0.717, 1.165) is 6.08 Å². The Labute approximate surface area is 203 Å². The predicted molar refractivity (Wildman–Crippen MR) is 126 cm³/mol. The van der Waals surface area contributed by atoms with Gasteiger partial charge in [0.2, 0.25) is 0 Å². The number of carbonyl (C=O) groups excluding carboxylic acids is 3. The molecule has 0 heterocycles. The molecule has 0 amide bonds. The third-order valence-electron chi connectivity index (χ3n) is 4.36. The van der Waals surface area contributed by atoms with Gasteiger partial charge in [-0.05, 0) is 48.5 Å². The summed E-state index contributed by atoms with van der Waals surface area (Å²) in [6, 6.07) is 13.0. The van der Waals surface area contributed by atoms with Crippen molar-refractivity contribution in [3.05, 3.63) is 78.9 Å². The summed E-state index contributed by atoms with van der Waals surface area (Å²) in [6.07, 6.45) is 2.09. The average molecular weight is 485 g/mol. The van der Waals surface area contributed by atoms with Gasteiger partial charge in [-0.1, -0.05) is 13.2 Å². The number of aliphatic hydroxyl groups excluding tert-OH is 1. The van der Waals surface area contributed by atoms with Gasteiger partial charge in [-0.25, -0.2) is 14.4 Å². The Morgan fingerprint density at radius 3 is 1.83 bits per heavy atom. The van der Waals surface area contributed by atoms with Gasteiger partial charge in [-0.2, -0.15) is 0 Å². The van der Waals surface area contributed by atoms with E-state index >= 15 is 0 Å². The second kappa shape index (κ2) is 14.9. The smallest absolute Gasteiger partial charge is 0.343 e. The zero-order valence-electron chi connectivity index (χ0n) is 19.3. The molecule has 0 spiro atoms. The number of esters is 3. The molecule has 9 nitrogen and oxygen atoms in total. The molecule has 0 saturated heterocycles. The fourth-order valence-corrected chi connectivity index (χ4v) is 2.52. The first-order valence-corrected chi connectivity index (χ1v) is 10.9. The van der Waals surface area contributed by atoms with Crippen molar-refractivity contribution in [2.75, 3.05) is 33.0 Å². The van der Waals surface area contributed by atoms with Gasteiger partial charge in [0.15, 0.2) is 0 Å². The molecule has 2 rings (SSSR count). The Kier molecular flexibility index (Phi) is 11.6. The van der Waals surface area contributed by atoms with Crippen LogP contribution in [0, 0.1) is 0 Å². The van der Waals surface area contributed by atoms with Crippen LogP contribution in [0.5, 0.6) is 17.2 Å². The van der Waals surface area contributed by atoms with Crippen LogP contribution in [0.1, 0.15) is 23.2 Å². The third kappa shape index (κ3) is 10.1. The predicted octanol–water partition coefficient (Wildman–Crippen LogP) is 3.26. The van der Waals surface area contributed by atoms with E-state index in [-0.39, 0.29) is 18.8 Å². The van der Waals surface area contributed by atoms with Gasteiger partial charge in [0.05, 0.1) is 44.2 Å². The molecule has 2 aromatic rings. The van der Waals surface area contributed by atoms with Crippen LogP contribution in [0.15, 0.2) is 73.3 Å².